The van der Waals surface area contributed by atoms with Crippen molar-refractivity contribution in [3.8, 4) is 33.6 Å². The number of hydrogen-bond acceptors (Lipinski definition) is 9. The van der Waals surface area contributed by atoms with E-state index in [0.717, 1.165) is 38.7 Å². The fraction of sp³-hybridized carbons (Fsp3) is 0.261. The molecule has 0 saturated heterocycles. The average molecular weight is 483 g/mol. The largest absolute Gasteiger partial charge is 0.493 e. The van der Waals surface area contributed by atoms with Crippen molar-refractivity contribution in [1.29, 1.82) is 0 Å². The Morgan fingerprint density at radius 3 is 2.73 bits per heavy atom. The summed E-state index contributed by atoms with van der Waals surface area (Å²) in [5.41, 5.74) is 1.97. The van der Waals surface area contributed by atoms with Crippen molar-refractivity contribution in [2.45, 2.75) is 17.0 Å². The van der Waals surface area contributed by atoms with Crippen LogP contribution in [-0.4, -0.2) is 40.6 Å². The summed E-state index contributed by atoms with van der Waals surface area (Å²) in [7, 11) is 5.20. The molecule has 1 aliphatic rings. The minimum absolute atomic E-state index is 0.303. The van der Waals surface area contributed by atoms with Crippen LogP contribution in [0.15, 0.2) is 53.0 Å². The molecule has 2 aromatic carbocycles. The highest BCUT2D eigenvalue weighted by Gasteiger charge is 2.27. The third-order valence-electron chi connectivity index (χ3n) is 5.20. The van der Waals surface area contributed by atoms with Gasteiger partial charge in [0.2, 0.25) is 0 Å². The molecule has 1 atom stereocenters. The maximum absolute atomic E-state index is 6.08. The van der Waals surface area contributed by atoms with E-state index in [1.54, 1.807) is 37.3 Å². The molecule has 0 spiro atoms. The lowest BCUT2D eigenvalue weighted by Crippen LogP contribution is -2.24. The molecule has 0 amide bonds. The minimum Gasteiger partial charge on any atom is -0.493 e. The Bertz CT molecular complexity index is 1270. The molecule has 10 heteroatoms. The van der Waals surface area contributed by atoms with Crippen LogP contribution in [0.4, 0.5) is 0 Å². The predicted octanol–water partition coefficient (Wildman–Crippen LogP) is 4.76. The monoisotopic (exact) mass is 482 g/mol. The Morgan fingerprint density at radius 2 is 1.91 bits per heavy atom. The zero-order valence-corrected chi connectivity index (χ0v) is 20.0. The van der Waals surface area contributed by atoms with E-state index < -0.39 is 0 Å². The highest BCUT2D eigenvalue weighted by atomic mass is 32.2. The normalized spacial score (nSPS) is 14.8. The highest BCUT2D eigenvalue weighted by Crippen LogP contribution is 2.37. The number of rotatable bonds is 7. The molecule has 33 heavy (non-hydrogen) atoms. The first kappa shape index (κ1) is 21.6. The van der Waals surface area contributed by atoms with Crippen molar-refractivity contribution in [3.05, 3.63) is 59.4 Å². The first-order valence-corrected chi connectivity index (χ1v) is 12.1. The first-order valence-electron chi connectivity index (χ1n) is 10.2. The SMILES string of the molecule is COc1ccc(-c2nc(CSc3nnc([C@H]4COc5ccccc5O4)n3C)cs2)cc1OC. The standard InChI is InChI=1S/C23H22N4O4S2/c1-27-21(20-11-30-17-6-4-5-7-18(17)31-20)25-26-23(27)33-13-15-12-32-22(24-15)14-8-9-16(28-2)19(10-14)29-3/h4-10,12,20H,11,13H2,1-3H3/t20-/m1/s1. The second-order valence-corrected chi connectivity index (χ2v) is 9.07. The predicted molar refractivity (Wildman–Crippen MR) is 127 cm³/mol. The molecule has 0 unspecified atom stereocenters. The summed E-state index contributed by atoms with van der Waals surface area (Å²) in [5, 5.41) is 12.5. The highest BCUT2D eigenvalue weighted by molar-refractivity contribution is 7.98. The summed E-state index contributed by atoms with van der Waals surface area (Å²) in [5.74, 6) is 4.26. The van der Waals surface area contributed by atoms with Crippen LogP contribution in [0.25, 0.3) is 10.6 Å². The maximum atomic E-state index is 6.08. The number of aromatic nitrogens is 4. The lowest BCUT2D eigenvalue weighted by Gasteiger charge is -2.25. The summed E-state index contributed by atoms with van der Waals surface area (Å²) in [6, 6.07) is 13.4. The first-order chi connectivity index (χ1) is 16.2. The van der Waals surface area contributed by atoms with Crippen LogP contribution < -0.4 is 18.9 Å². The number of hydrogen-bond donors (Lipinski definition) is 0. The number of ether oxygens (including phenoxy) is 4. The second-order valence-electron chi connectivity index (χ2n) is 7.27. The Hall–Kier alpha value is -3.24. The van der Waals surface area contributed by atoms with Crippen molar-refractivity contribution in [3.63, 3.8) is 0 Å². The zero-order chi connectivity index (χ0) is 22.8. The number of thiazole rings is 1. The molecule has 170 valence electrons. The lowest BCUT2D eigenvalue weighted by molar-refractivity contribution is 0.0825. The van der Waals surface area contributed by atoms with Gasteiger partial charge in [-0.05, 0) is 30.3 Å². The van der Waals surface area contributed by atoms with Gasteiger partial charge in [0.15, 0.2) is 40.1 Å². The van der Waals surface area contributed by atoms with Gasteiger partial charge in [0.25, 0.3) is 0 Å². The Labute approximate surface area is 199 Å². The summed E-state index contributed by atoms with van der Waals surface area (Å²) in [6.07, 6.45) is -0.303. The van der Waals surface area contributed by atoms with Crippen LogP contribution in [0.1, 0.15) is 17.6 Å². The number of para-hydroxylation sites is 2. The fourth-order valence-electron chi connectivity index (χ4n) is 3.49. The topological polar surface area (TPSA) is 80.5 Å². The summed E-state index contributed by atoms with van der Waals surface area (Å²) >= 11 is 3.18. The van der Waals surface area contributed by atoms with E-state index >= 15 is 0 Å². The minimum atomic E-state index is -0.303. The van der Waals surface area contributed by atoms with Crippen LogP contribution in [0.5, 0.6) is 23.0 Å². The van der Waals surface area contributed by atoms with E-state index in [0.29, 0.717) is 23.9 Å². The van der Waals surface area contributed by atoms with E-state index in [9.17, 15) is 0 Å². The molecule has 0 radical (unpaired) electrons. The molecule has 2 aromatic heterocycles. The molecular weight excluding hydrogens is 460 g/mol. The Morgan fingerprint density at radius 1 is 1.09 bits per heavy atom. The molecule has 0 aliphatic carbocycles. The van der Waals surface area contributed by atoms with Crippen molar-refractivity contribution in [2.24, 2.45) is 7.05 Å². The third kappa shape index (κ3) is 4.36. The molecule has 0 bridgehead atoms. The Balaban J connectivity index is 1.26. The summed E-state index contributed by atoms with van der Waals surface area (Å²) < 4.78 is 24.6. The van der Waals surface area contributed by atoms with Gasteiger partial charge in [-0.1, -0.05) is 23.9 Å². The molecule has 4 aromatic rings. The molecule has 8 nitrogen and oxygen atoms in total. The van der Waals surface area contributed by atoms with Gasteiger partial charge in [-0.3, -0.25) is 0 Å². The van der Waals surface area contributed by atoms with Crippen molar-refractivity contribution in [2.75, 3.05) is 20.8 Å². The number of fused-ring (bicyclic) bond motifs is 1. The second kappa shape index (κ2) is 9.32. The quantitative estimate of drug-likeness (QED) is 0.349. The number of thioether (sulfide) groups is 1. The summed E-state index contributed by atoms with van der Waals surface area (Å²) in [4.78, 5) is 4.78. The van der Waals surface area contributed by atoms with Crippen LogP contribution in [-0.2, 0) is 12.8 Å². The van der Waals surface area contributed by atoms with E-state index in [4.69, 9.17) is 23.9 Å². The Kier molecular flexibility index (Phi) is 6.10. The van der Waals surface area contributed by atoms with E-state index in [1.165, 1.54) is 0 Å². The van der Waals surface area contributed by atoms with Crippen molar-refractivity contribution >= 4 is 23.1 Å². The van der Waals surface area contributed by atoms with E-state index in [2.05, 4.69) is 15.6 Å². The maximum Gasteiger partial charge on any atom is 0.192 e. The van der Waals surface area contributed by atoms with Crippen LogP contribution >= 0.6 is 23.1 Å². The number of benzene rings is 2. The van der Waals surface area contributed by atoms with Gasteiger partial charge in [0.05, 0.1) is 19.9 Å². The van der Waals surface area contributed by atoms with Gasteiger partial charge in [-0.2, -0.15) is 0 Å². The third-order valence-corrected chi connectivity index (χ3v) is 7.19. The van der Waals surface area contributed by atoms with Gasteiger partial charge in [0, 0.05) is 23.7 Å². The van der Waals surface area contributed by atoms with Crippen LogP contribution in [0.3, 0.4) is 0 Å². The fourth-order valence-corrected chi connectivity index (χ4v) is 5.23. The van der Waals surface area contributed by atoms with Crippen LogP contribution in [0.2, 0.25) is 0 Å². The summed E-state index contributed by atoms with van der Waals surface area (Å²) in [6.45, 7) is 0.397. The molecule has 3 heterocycles. The van der Waals surface area contributed by atoms with Gasteiger partial charge < -0.3 is 23.5 Å². The zero-order valence-electron chi connectivity index (χ0n) is 18.3. The smallest absolute Gasteiger partial charge is 0.192 e. The molecule has 0 fully saturated rings. The lowest BCUT2D eigenvalue weighted by atomic mass is 10.2. The number of nitrogens with zero attached hydrogens (tertiary/aromatic N) is 4. The molecule has 5 rings (SSSR count). The van der Waals surface area contributed by atoms with Crippen LogP contribution in [0, 0.1) is 0 Å². The molecule has 0 saturated carbocycles. The molecule has 1 aliphatic heterocycles. The molecular formula is C23H22N4O4S2. The average Bonchev–Trinajstić information content (AvgIpc) is 3.48. The van der Waals surface area contributed by atoms with Gasteiger partial charge in [-0.15, -0.1) is 21.5 Å². The van der Waals surface area contributed by atoms with Crippen molar-refractivity contribution in [1.82, 2.24) is 19.7 Å². The number of methoxy groups -OCH3 is 2. The van der Waals surface area contributed by atoms with Gasteiger partial charge in [-0.25, -0.2) is 4.98 Å². The van der Waals surface area contributed by atoms with Gasteiger partial charge in [0.1, 0.15) is 11.6 Å². The van der Waals surface area contributed by atoms with E-state index in [1.807, 2.05) is 54.1 Å². The van der Waals surface area contributed by atoms with Crippen molar-refractivity contribution < 1.29 is 18.9 Å². The van der Waals surface area contributed by atoms with E-state index in [-0.39, 0.29) is 6.10 Å². The van der Waals surface area contributed by atoms with Gasteiger partial charge >= 0.3 is 0 Å². The molecule has 0 N–H and O–H groups in total.